The minimum Gasteiger partial charge on any atom is -0.477 e. The predicted molar refractivity (Wildman–Crippen MR) is 60.0 cm³/mol. The molecule has 85 valence electrons. The molecule has 0 bridgehead atoms. The van der Waals surface area contributed by atoms with Crippen molar-refractivity contribution in [3.05, 3.63) is 36.0 Å². The zero-order valence-corrected chi connectivity index (χ0v) is 9.09. The third kappa shape index (κ3) is 2.79. The van der Waals surface area contributed by atoms with E-state index in [9.17, 15) is 4.79 Å². The van der Waals surface area contributed by atoms with E-state index in [1.807, 2.05) is 6.07 Å². The minimum absolute atomic E-state index is 0.126. The summed E-state index contributed by atoms with van der Waals surface area (Å²) in [6.45, 7) is 2.83. The van der Waals surface area contributed by atoms with Crippen LogP contribution in [0.2, 0.25) is 0 Å². The van der Waals surface area contributed by atoms with Gasteiger partial charge in [-0.05, 0) is 44.5 Å². The minimum atomic E-state index is -0.964. The maximum absolute atomic E-state index is 10.8. The summed E-state index contributed by atoms with van der Waals surface area (Å²) in [7, 11) is 0. The molecule has 1 aliphatic rings. The normalized spacial score (nSPS) is 17.2. The smallest absolute Gasteiger partial charge is 0.354 e. The van der Waals surface area contributed by atoms with Crippen molar-refractivity contribution >= 4 is 5.97 Å². The van der Waals surface area contributed by atoms with Crippen molar-refractivity contribution < 1.29 is 9.90 Å². The van der Waals surface area contributed by atoms with E-state index in [1.165, 1.54) is 6.07 Å². The molecule has 0 saturated carbocycles. The Labute approximate surface area is 94.9 Å². The standard InChI is InChI=1S/C12H15N2O2/c15-12(16)11-6-4-5-10(13-11)9-14-7-2-1-3-8-14/h1,4-6H,2-3,7-9H2,(H,15,16). The lowest BCUT2D eigenvalue weighted by Gasteiger charge is -2.25. The van der Waals surface area contributed by atoms with Gasteiger partial charge < -0.3 is 5.11 Å². The maximum atomic E-state index is 10.8. The summed E-state index contributed by atoms with van der Waals surface area (Å²) in [6.07, 6.45) is 4.51. The molecule has 2 rings (SSSR count). The summed E-state index contributed by atoms with van der Waals surface area (Å²) in [6, 6.07) is 5.16. The number of hydrogen-bond donors (Lipinski definition) is 1. The zero-order valence-electron chi connectivity index (χ0n) is 9.09. The number of carboxylic acids is 1. The fourth-order valence-corrected chi connectivity index (χ4v) is 1.88. The topological polar surface area (TPSA) is 53.4 Å². The first-order chi connectivity index (χ1) is 7.75. The van der Waals surface area contributed by atoms with E-state index in [0.29, 0.717) is 0 Å². The molecule has 1 saturated heterocycles. The molecule has 0 aliphatic carbocycles. The molecule has 0 unspecified atom stereocenters. The van der Waals surface area contributed by atoms with Crippen LogP contribution in [0.1, 0.15) is 29.0 Å². The van der Waals surface area contributed by atoms with Crippen LogP contribution < -0.4 is 0 Å². The Balaban J connectivity index is 2.02. The van der Waals surface area contributed by atoms with Crippen LogP contribution in [0.15, 0.2) is 18.2 Å². The summed E-state index contributed by atoms with van der Waals surface area (Å²) >= 11 is 0. The Morgan fingerprint density at radius 1 is 1.38 bits per heavy atom. The molecule has 0 spiro atoms. The third-order valence-electron chi connectivity index (χ3n) is 2.71. The summed E-state index contributed by atoms with van der Waals surface area (Å²) in [5.41, 5.74) is 0.961. The SMILES string of the molecule is O=C(O)c1cccc(CN2CC[CH]CC2)n1. The fourth-order valence-electron chi connectivity index (χ4n) is 1.88. The number of hydrogen-bond acceptors (Lipinski definition) is 3. The first-order valence-electron chi connectivity index (χ1n) is 5.49. The van der Waals surface area contributed by atoms with Gasteiger partial charge in [-0.2, -0.15) is 0 Å². The first-order valence-corrected chi connectivity index (χ1v) is 5.49. The van der Waals surface area contributed by atoms with Crippen LogP contribution in [-0.2, 0) is 6.54 Å². The van der Waals surface area contributed by atoms with E-state index in [-0.39, 0.29) is 5.69 Å². The number of carbonyl (C=O) groups is 1. The second-order valence-electron chi connectivity index (χ2n) is 3.96. The lowest BCUT2D eigenvalue weighted by molar-refractivity contribution is 0.0690. The van der Waals surface area contributed by atoms with E-state index >= 15 is 0 Å². The molecule has 0 amide bonds. The summed E-state index contributed by atoms with van der Waals surface area (Å²) in [5, 5.41) is 8.83. The Morgan fingerprint density at radius 3 is 2.81 bits per heavy atom. The van der Waals surface area contributed by atoms with Crippen molar-refractivity contribution in [2.24, 2.45) is 0 Å². The first kappa shape index (κ1) is 11.1. The number of aromatic nitrogens is 1. The predicted octanol–water partition coefficient (Wildman–Crippen LogP) is 1.58. The van der Waals surface area contributed by atoms with Crippen molar-refractivity contribution in [3.63, 3.8) is 0 Å². The van der Waals surface area contributed by atoms with Crippen LogP contribution in [0.5, 0.6) is 0 Å². The van der Waals surface area contributed by atoms with Crippen molar-refractivity contribution in [3.8, 4) is 0 Å². The highest BCUT2D eigenvalue weighted by Gasteiger charge is 2.12. The number of piperidine rings is 1. The highest BCUT2D eigenvalue weighted by Crippen LogP contribution is 2.11. The summed E-state index contributed by atoms with van der Waals surface area (Å²) < 4.78 is 0. The molecule has 1 N–H and O–H groups in total. The Kier molecular flexibility index (Phi) is 3.51. The molecule has 4 heteroatoms. The largest absolute Gasteiger partial charge is 0.477 e. The number of aromatic carboxylic acids is 1. The number of rotatable bonds is 3. The van der Waals surface area contributed by atoms with Crippen LogP contribution >= 0.6 is 0 Å². The number of nitrogens with zero attached hydrogens (tertiary/aromatic N) is 2. The quantitative estimate of drug-likeness (QED) is 0.838. The van der Waals surface area contributed by atoms with E-state index in [1.54, 1.807) is 6.07 Å². The van der Waals surface area contributed by atoms with E-state index < -0.39 is 5.97 Å². The van der Waals surface area contributed by atoms with Crippen molar-refractivity contribution in [2.45, 2.75) is 19.4 Å². The Hall–Kier alpha value is -1.42. The van der Waals surface area contributed by atoms with Crippen molar-refractivity contribution in [1.29, 1.82) is 0 Å². The van der Waals surface area contributed by atoms with Gasteiger partial charge in [0, 0.05) is 6.54 Å². The molecule has 1 fully saturated rings. The molecular formula is C12H15N2O2. The summed E-state index contributed by atoms with van der Waals surface area (Å²) in [4.78, 5) is 17.2. The molecule has 0 aromatic carbocycles. The average Bonchev–Trinajstić information content (AvgIpc) is 2.30. The molecular weight excluding hydrogens is 204 g/mol. The van der Waals surface area contributed by atoms with Gasteiger partial charge in [-0.25, -0.2) is 9.78 Å². The van der Waals surface area contributed by atoms with Crippen LogP contribution in [0.4, 0.5) is 0 Å². The van der Waals surface area contributed by atoms with Gasteiger partial charge in [0.15, 0.2) is 0 Å². The maximum Gasteiger partial charge on any atom is 0.354 e. The van der Waals surface area contributed by atoms with Crippen LogP contribution in [0.3, 0.4) is 0 Å². The van der Waals surface area contributed by atoms with Crippen LogP contribution in [0, 0.1) is 6.42 Å². The van der Waals surface area contributed by atoms with E-state index in [4.69, 9.17) is 5.11 Å². The van der Waals surface area contributed by atoms with Crippen LogP contribution in [0.25, 0.3) is 0 Å². The van der Waals surface area contributed by atoms with Crippen molar-refractivity contribution in [2.75, 3.05) is 13.1 Å². The average molecular weight is 219 g/mol. The Morgan fingerprint density at radius 2 is 2.12 bits per heavy atom. The molecule has 1 aromatic rings. The third-order valence-corrected chi connectivity index (χ3v) is 2.71. The number of likely N-dealkylation sites (tertiary alicyclic amines) is 1. The lowest BCUT2D eigenvalue weighted by Crippen LogP contribution is -2.29. The molecule has 0 atom stereocenters. The number of carboxylic acid groups (broad SMARTS) is 1. The molecule has 1 radical (unpaired) electrons. The molecule has 1 aromatic heterocycles. The van der Waals surface area contributed by atoms with E-state index in [2.05, 4.69) is 16.3 Å². The van der Waals surface area contributed by atoms with Gasteiger partial charge >= 0.3 is 5.97 Å². The summed E-state index contributed by atoms with van der Waals surface area (Å²) in [5.74, 6) is -0.964. The molecule has 2 heterocycles. The van der Waals surface area contributed by atoms with E-state index in [0.717, 1.165) is 38.2 Å². The Bertz CT molecular complexity index is 373. The van der Waals surface area contributed by atoms with Gasteiger partial charge in [0.25, 0.3) is 0 Å². The van der Waals surface area contributed by atoms with Crippen LogP contribution in [-0.4, -0.2) is 34.0 Å². The van der Waals surface area contributed by atoms with Gasteiger partial charge in [0.1, 0.15) is 5.69 Å². The lowest BCUT2D eigenvalue weighted by atomic mass is 10.1. The zero-order chi connectivity index (χ0) is 11.4. The van der Waals surface area contributed by atoms with Gasteiger partial charge in [-0.15, -0.1) is 0 Å². The molecule has 1 aliphatic heterocycles. The van der Waals surface area contributed by atoms with Gasteiger partial charge in [-0.1, -0.05) is 6.07 Å². The second-order valence-corrected chi connectivity index (χ2v) is 3.96. The van der Waals surface area contributed by atoms with Gasteiger partial charge in [-0.3, -0.25) is 4.90 Å². The molecule has 16 heavy (non-hydrogen) atoms. The van der Waals surface area contributed by atoms with Gasteiger partial charge in [0.05, 0.1) is 5.69 Å². The highest BCUT2D eigenvalue weighted by molar-refractivity contribution is 5.85. The van der Waals surface area contributed by atoms with Gasteiger partial charge in [0.2, 0.25) is 0 Å². The monoisotopic (exact) mass is 219 g/mol. The second kappa shape index (κ2) is 5.07. The molecule has 4 nitrogen and oxygen atoms in total. The number of pyridine rings is 1. The highest BCUT2D eigenvalue weighted by atomic mass is 16.4. The van der Waals surface area contributed by atoms with Crippen molar-refractivity contribution in [1.82, 2.24) is 9.88 Å². The fraction of sp³-hybridized carbons (Fsp3) is 0.417.